The zero-order valence-electron chi connectivity index (χ0n) is 16.9. The van der Waals surface area contributed by atoms with Crippen LogP contribution in [0.25, 0.3) is 0 Å². The molecule has 1 aromatic carbocycles. The lowest BCUT2D eigenvalue weighted by atomic mass is 10.1. The average molecular weight is 418 g/mol. The van der Waals surface area contributed by atoms with E-state index in [1.807, 2.05) is 0 Å². The van der Waals surface area contributed by atoms with Gasteiger partial charge in [0.05, 0.1) is 36.6 Å². The molecule has 1 aliphatic heterocycles. The van der Waals surface area contributed by atoms with Crippen molar-refractivity contribution in [3.63, 3.8) is 0 Å². The number of anilines is 1. The number of hydrogen-bond acceptors (Lipinski definition) is 9. The molecule has 0 unspecified atom stereocenters. The van der Waals surface area contributed by atoms with Gasteiger partial charge >= 0.3 is 17.9 Å². The van der Waals surface area contributed by atoms with Crippen LogP contribution in [0.4, 0.5) is 5.69 Å². The predicted molar refractivity (Wildman–Crippen MR) is 104 cm³/mol. The third-order valence-electron chi connectivity index (χ3n) is 3.93. The van der Waals surface area contributed by atoms with Crippen LogP contribution < -0.4 is 10.2 Å². The molecule has 0 spiro atoms. The van der Waals surface area contributed by atoms with Gasteiger partial charge in [0, 0.05) is 6.20 Å². The number of fused-ring (bicyclic) bond motifs is 1. The summed E-state index contributed by atoms with van der Waals surface area (Å²) in [4.78, 5) is 62.2. The van der Waals surface area contributed by atoms with E-state index in [1.165, 1.54) is 23.1 Å². The average Bonchev–Trinajstić information content (AvgIpc) is 2.99. The van der Waals surface area contributed by atoms with Gasteiger partial charge in [0.1, 0.15) is 6.54 Å². The van der Waals surface area contributed by atoms with Gasteiger partial charge in [-0.3, -0.25) is 19.7 Å². The first-order valence-corrected chi connectivity index (χ1v) is 9.30. The van der Waals surface area contributed by atoms with Crippen molar-refractivity contribution in [2.45, 2.75) is 20.8 Å². The number of nitrogens with zero attached hydrogens (tertiary/aromatic N) is 1. The number of amides is 2. The standard InChI is InChI=1S/C20H22N2O8/c1-4-28-15(23)11-22(10-13(19(26)29-5-2)20(27)30-6-3)14-9-7-8-12-16(14)18(25)21-17(12)24/h7-10H,4-6,11H2,1-3H3,(H,21,24,25). The topological polar surface area (TPSA) is 128 Å². The minimum Gasteiger partial charge on any atom is -0.465 e. The van der Waals surface area contributed by atoms with Crippen molar-refractivity contribution in [3.05, 3.63) is 41.1 Å². The zero-order valence-corrected chi connectivity index (χ0v) is 16.9. The molecule has 0 aromatic heterocycles. The lowest BCUT2D eigenvalue weighted by molar-refractivity contribution is -0.147. The minimum atomic E-state index is -0.960. The van der Waals surface area contributed by atoms with Crippen molar-refractivity contribution in [3.8, 4) is 0 Å². The van der Waals surface area contributed by atoms with E-state index in [-0.39, 0.29) is 36.6 Å². The molecule has 2 amide bonds. The molecule has 2 rings (SSSR count). The number of hydrogen-bond donors (Lipinski definition) is 1. The Bertz CT molecular complexity index is 886. The Balaban J connectivity index is 2.60. The van der Waals surface area contributed by atoms with Crippen LogP contribution in [0.3, 0.4) is 0 Å². The highest BCUT2D eigenvalue weighted by molar-refractivity contribution is 6.24. The maximum Gasteiger partial charge on any atom is 0.347 e. The Morgan fingerprint density at radius 1 is 0.933 bits per heavy atom. The van der Waals surface area contributed by atoms with Crippen molar-refractivity contribution in [1.82, 2.24) is 5.32 Å². The van der Waals surface area contributed by atoms with Crippen LogP contribution in [0, 0.1) is 0 Å². The monoisotopic (exact) mass is 418 g/mol. The van der Waals surface area contributed by atoms with E-state index in [9.17, 15) is 24.0 Å². The van der Waals surface area contributed by atoms with Crippen LogP contribution in [0.2, 0.25) is 0 Å². The van der Waals surface area contributed by atoms with Gasteiger partial charge in [-0.15, -0.1) is 0 Å². The molecule has 0 bridgehead atoms. The second-order valence-corrected chi connectivity index (χ2v) is 5.90. The molecular formula is C20H22N2O8. The summed E-state index contributed by atoms with van der Waals surface area (Å²) in [6.45, 7) is 4.43. The summed E-state index contributed by atoms with van der Waals surface area (Å²) in [6, 6.07) is 4.43. The van der Waals surface area contributed by atoms with E-state index >= 15 is 0 Å². The lowest BCUT2D eigenvalue weighted by Gasteiger charge is -2.22. The van der Waals surface area contributed by atoms with Crippen LogP contribution >= 0.6 is 0 Å². The summed E-state index contributed by atoms with van der Waals surface area (Å²) in [6.07, 6.45) is 1.05. The number of ether oxygens (including phenoxy) is 3. The Morgan fingerprint density at radius 2 is 1.53 bits per heavy atom. The van der Waals surface area contributed by atoms with Gasteiger partial charge in [-0.25, -0.2) is 9.59 Å². The van der Waals surface area contributed by atoms with E-state index in [4.69, 9.17) is 14.2 Å². The van der Waals surface area contributed by atoms with E-state index in [1.54, 1.807) is 20.8 Å². The summed E-state index contributed by atoms with van der Waals surface area (Å²) < 4.78 is 14.8. The van der Waals surface area contributed by atoms with E-state index in [0.717, 1.165) is 6.20 Å². The highest BCUT2D eigenvalue weighted by Gasteiger charge is 2.32. The number of carbonyl (C=O) groups excluding carboxylic acids is 5. The number of esters is 3. The molecule has 10 nitrogen and oxygen atoms in total. The van der Waals surface area contributed by atoms with Crippen LogP contribution in [0.1, 0.15) is 41.5 Å². The third-order valence-corrected chi connectivity index (χ3v) is 3.93. The van der Waals surface area contributed by atoms with Crippen molar-refractivity contribution in [1.29, 1.82) is 0 Å². The first-order valence-electron chi connectivity index (χ1n) is 9.30. The molecular weight excluding hydrogens is 396 g/mol. The predicted octanol–water partition coefficient (Wildman–Crippen LogP) is 0.950. The molecule has 0 saturated heterocycles. The van der Waals surface area contributed by atoms with Crippen LogP contribution in [-0.4, -0.2) is 56.1 Å². The molecule has 0 radical (unpaired) electrons. The maximum atomic E-state index is 12.3. The molecule has 1 heterocycles. The van der Waals surface area contributed by atoms with E-state index in [2.05, 4.69) is 5.32 Å². The molecule has 0 saturated carbocycles. The van der Waals surface area contributed by atoms with Gasteiger partial charge in [-0.05, 0) is 32.9 Å². The Morgan fingerprint density at radius 3 is 2.10 bits per heavy atom. The summed E-state index contributed by atoms with van der Waals surface area (Å²) >= 11 is 0. The largest absolute Gasteiger partial charge is 0.465 e. The summed E-state index contributed by atoms with van der Waals surface area (Å²) in [7, 11) is 0. The SMILES string of the molecule is CCOC(=O)CN(C=C(C(=O)OCC)C(=O)OCC)c1cccc2c1C(=O)NC2=O. The fourth-order valence-corrected chi connectivity index (χ4v) is 2.75. The Labute approximate surface area is 172 Å². The molecule has 160 valence electrons. The number of rotatable bonds is 9. The highest BCUT2D eigenvalue weighted by Crippen LogP contribution is 2.28. The van der Waals surface area contributed by atoms with Crippen molar-refractivity contribution < 1.29 is 38.2 Å². The van der Waals surface area contributed by atoms with Gasteiger partial charge in [0.15, 0.2) is 5.57 Å². The fraction of sp³-hybridized carbons (Fsp3) is 0.350. The highest BCUT2D eigenvalue weighted by atomic mass is 16.6. The maximum absolute atomic E-state index is 12.3. The number of imide groups is 1. The minimum absolute atomic E-state index is 0.00506. The molecule has 30 heavy (non-hydrogen) atoms. The fourth-order valence-electron chi connectivity index (χ4n) is 2.75. The summed E-state index contributed by atoms with van der Waals surface area (Å²) in [5.41, 5.74) is -0.232. The molecule has 1 aromatic rings. The molecule has 0 aliphatic carbocycles. The molecule has 10 heteroatoms. The molecule has 1 aliphatic rings. The Hall–Kier alpha value is -3.69. The normalized spacial score (nSPS) is 11.8. The van der Waals surface area contributed by atoms with Crippen molar-refractivity contribution in [2.75, 3.05) is 31.3 Å². The van der Waals surface area contributed by atoms with Crippen LogP contribution in [0.15, 0.2) is 30.0 Å². The van der Waals surface area contributed by atoms with Gasteiger partial charge in [-0.1, -0.05) is 6.07 Å². The number of carbonyl (C=O) groups is 5. The first-order chi connectivity index (χ1) is 14.3. The second-order valence-electron chi connectivity index (χ2n) is 5.90. The van der Waals surface area contributed by atoms with Crippen molar-refractivity contribution in [2.24, 2.45) is 0 Å². The quantitative estimate of drug-likeness (QED) is 0.156. The Kier molecular flexibility index (Phi) is 7.68. The summed E-state index contributed by atoms with van der Waals surface area (Å²) in [5.74, 6) is -3.85. The molecule has 1 N–H and O–H groups in total. The van der Waals surface area contributed by atoms with Crippen molar-refractivity contribution >= 4 is 35.4 Å². The smallest absolute Gasteiger partial charge is 0.347 e. The van der Waals surface area contributed by atoms with E-state index in [0.29, 0.717) is 0 Å². The third kappa shape index (κ3) is 5.02. The van der Waals surface area contributed by atoms with E-state index < -0.39 is 41.8 Å². The number of nitrogens with one attached hydrogen (secondary N) is 1. The van der Waals surface area contributed by atoms with Gasteiger partial charge in [0.2, 0.25) is 0 Å². The lowest BCUT2D eigenvalue weighted by Crippen LogP contribution is -2.31. The van der Waals surface area contributed by atoms with Gasteiger partial charge in [0.25, 0.3) is 11.8 Å². The zero-order chi connectivity index (χ0) is 22.3. The molecule has 0 fully saturated rings. The van der Waals surface area contributed by atoms with Crippen LogP contribution in [0.5, 0.6) is 0 Å². The summed E-state index contributed by atoms with van der Waals surface area (Å²) in [5, 5.41) is 2.17. The van der Waals surface area contributed by atoms with Gasteiger partial charge in [-0.2, -0.15) is 0 Å². The first kappa shape index (κ1) is 22.6. The van der Waals surface area contributed by atoms with Gasteiger partial charge < -0.3 is 19.1 Å². The van der Waals surface area contributed by atoms with Crippen LogP contribution in [-0.2, 0) is 28.6 Å². The molecule has 0 atom stereocenters. The second kappa shape index (κ2) is 10.2. The number of benzene rings is 1.